The van der Waals surface area contributed by atoms with Crippen LogP contribution in [0.1, 0.15) is 11.1 Å². The molecule has 0 aliphatic carbocycles. The maximum Gasteiger partial charge on any atom is 0.124 e. The van der Waals surface area contributed by atoms with E-state index in [-0.39, 0.29) is 12.2 Å². The number of nitriles is 1. The van der Waals surface area contributed by atoms with Gasteiger partial charge in [-0.05, 0) is 23.8 Å². The Balaban J connectivity index is 2.12. The molecule has 0 heterocycles. The van der Waals surface area contributed by atoms with Gasteiger partial charge in [-0.25, -0.2) is 4.39 Å². The molecule has 0 N–H and O–H groups in total. The number of hydrogen-bond acceptors (Lipinski definition) is 2. The smallest absolute Gasteiger partial charge is 0.124 e. The molecular formula is C15H12FNO. The van der Waals surface area contributed by atoms with Gasteiger partial charge in [0.25, 0.3) is 0 Å². The lowest BCUT2D eigenvalue weighted by molar-refractivity contribution is 0.303. The van der Waals surface area contributed by atoms with Crippen LogP contribution >= 0.6 is 0 Å². The monoisotopic (exact) mass is 241 g/mol. The highest BCUT2D eigenvalue weighted by Crippen LogP contribution is 2.21. The summed E-state index contributed by atoms with van der Waals surface area (Å²) in [5, 5.41) is 8.69. The van der Waals surface area contributed by atoms with E-state index in [1.807, 2.05) is 36.4 Å². The quantitative estimate of drug-likeness (QED) is 0.821. The lowest BCUT2D eigenvalue weighted by Gasteiger charge is -2.09. The van der Waals surface area contributed by atoms with Crippen molar-refractivity contribution in [2.75, 3.05) is 0 Å². The van der Waals surface area contributed by atoms with Gasteiger partial charge in [0.1, 0.15) is 18.2 Å². The summed E-state index contributed by atoms with van der Waals surface area (Å²) in [6.45, 7) is 0.408. The van der Waals surface area contributed by atoms with Crippen molar-refractivity contribution in [3.8, 4) is 11.8 Å². The average molecular weight is 241 g/mol. The SMILES string of the molecule is N#CCc1cc(F)ccc1OCc1ccccc1. The van der Waals surface area contributed by atoms with E-state index in [1.165, 1.54) is 12.1 Å². The molecule has 0 unspecified atom stereocenters. The second kappa shape index (κ2) is 5.83. The van der Waals surface area contributed by atoms with Crippen LogP contribution in [0.5, 0.6) is 5.75 Å². The van der Waals surface area contributed by atoms with Gasteiger partial charge >= 0.3 is 0 Å². The molecule has 0 spiro atoms. The van der Waals surface area contributed by atoms with Crippen LogP contribution in [0.3, 0.4) is 0 Å². The third-order valence-electron chi connectivity index (χ3n) is 2.53. The summed E-state index contributed by atoms with van der Waals surface area (Å²) in [7, 11) is 0. The molecule has 0 atom stereocenters. The van der Waals surface area contributed by atoms with Crippen molar-refractivity contribution < 1.29 is 9.13 Å². The van der Waals surface area contributed by atoms with Crippen LogP contribution in [0.15, 0.2) is 48.5 Å². The van der Waals surface area contributed by atoms with Crippen molar-refractivity contribution in [1.29, 1.82) is 5.26 Å². The van der Waals surface area contributed by atoms with E-state index < -0.39 is 0 Å². The van der Waals surface area contributed by atoms with E-state index in [9.17, 15) is 4.39 Å². The maximum absolute atomic E-state index is 13.1. The number of rotatable bonds is 4. The van der Waals surface area contributed by atoms with Crippen LogP contribution in [-0.2, 0) is 13.0 Å². The Morgan fingerprint density at radius 1 is 1.11 bits per heavy atom. The normalized spacial score (nSPS) is 9.78. The van der Waals surface area contributed by atoms with Crippen molar-refractivity contribution in [3.63, 3.8) is 0 Å². The third kappa shape index (κ3) is 3.08. The molecule has 2 aromatic rings. The molecule has 0 aliphatic rings. The lowest BCUT2D eigenvalue weighted by atomic mass is 10.1. The van der Waals surface area contributed by atoms with Crippen molar-refractivity contribution in [1.82, 2.24) is 0 Å². The second-order valence-corrected chi connectivity index (χ2v) is 3.86. The molecule has 0 radical (unpaired) electrons. The summed E-state index contributed by atoms with van der Waals surface area (Å²) in [6, 6.07) is 15.9. The highest BCUT2D eigenvalue weighted by Gasteiger charge is 2.05. The molecule has 0 fully saturated rings. The first-order valence-electron chi connectivity index (χ1n) is 5.61. The van der Waals surface area contributed by atoms with Gasteiger partial charge in [0.05, 0.1) is 12.5 Å². The first-order chi connectivity index (χ1) is 8.79. The molecule has 0 amide bonds. The minimum Gasteiger partial charge on any atom is -0.489 e. The zero-order valence-electron chi connectivity index (χ0n) is 9.77. The van der Waals surface area contributed by atoms with Crippen molar-refractivity contribution in [3.05, 3.63) is 65.5 Å². The van der Waals surface area contributed by atoms with Gasteiger partial charge in [-0.1, -0.05) is 30.3 Å². The first-order valence-corrected chi connectivity index (χ1v) is 5.61. The van der Waals surface area contributed by atoms with Crippen molar-refractivity contribution >= 4 is 0 Å². The molecule has 0 bridgehead atoms. The predicted molar refractivity (Wildman–Crippen MR) is 66.5 cm³/mol. The van der Waals surface area contributed by atoms with E-state index in [2.05, 4.69) is 0 Å². The van der Waals surface area contributed by atoms with E-state index in [0.29, 0.717) is 17.9 Å². The van der Waals surface area contributed by atoms with Gasteiger partial charge in [-0.15, -0.1) is 0 Å². The molecule has 0 saturated carbocycles. The van der Waals surface area contributed by atoms with Gasteiger partial charge in [-0.3, -0.25) is 0 Å². The van der Waals surface area contributed by atoms with Gasteiger partial charge in [0.15, 0.2) is 0 Å². The van der Waals surface area contributed by atoms with Crippen molar-refractivity contribution in [2.24, 2.45) is 0 Å². The second-order valence-electron chi connectivity index (χ2n) is 3.86. The molecule has 18 heavy (non-hydrogen) atoms. The van der Waals surface area contributed by atoms with Gasteiger partial charge in [-0.2, -0.15) is 5.26 Å². The summed E-state index contributed by atoms with van der Waals surface area (Å²) in [4.78, 5) is 0. The Kier molecular flexibility index (Phi) is 3.93. The average Bonchev–Trinajstić information content (AvgIpc) is 2.39. The zero-order valence-corrected chi connectivity index (χ0v) is 9.77. The molecular weight excluding hydrogens is 229 g/mol. The zero-order chi connectivity index (χ0) is 12.8. The fraction of sp³-hybridized carbons (Fsp3) is 0.133. The van der Waals surface area contributed by atoms with E-state index >= 15 is 0 Å². The first kappa shape index (κ1) is 12.1. The molecule has 90 valence electrons. The predicted octanol–water partition coefficient (Wildman–Crippen LogP) is 3.47. The lowest BCUT2D eigenvalue weighted by Crippen LogP contribution is -1.98. The molecule has 2 rings (SSSR count). The van der Waals surface area contributed by atoms with Crippen molar-refractivity contribution in [2.45, 2.75) is 13.0 Å². The van der Waals surface area contributed by atoms with E-state index in [1.54, 1.807) is 6.07 Å². The van der Waals surface area contributed by atoms with Gasteiger partial charge < -0.3 is 4.74 Å². The Morgan fingerprint density at radius 2 is 1.89 bits per heavy atom. The number of halogens is 1. The number of benzene rings is 2. The van der Waals surface area contributed by atoms with Gasteiger partial charge in [0.2, 0.25) is 0 Å². The molecule has 0 aliphatic heterocycles. The Bertz CT molecular complexity index is 560. The van der Waals surface area contributed by atoms with E-state index in [0.717, 1.165) is 5.56 Å². The minimum atomic E-state index is -0.354. The maximum atomic E-state index is 13.1. The standard InChI is InChI=1S/C15H12FNO/c16-14-6-7-15(13(10-14)8-9-17)18-11-12-4-2-1-3-5-12/h1-7,10H,8,11H2. The highest BCUT2D eigenvalue weighted by atomic mass is 19.1. The van der Waals surface area contributed by atoms with E-state index in [4.69, 9.17) is 10.00 Å². The topological polar surface area (TPSA) is 33.0 Å². The fourth-order valence-electron chi connectivity index (χ4n) is 1.65. The minimum absolute atomic E-state index is 0.141. The highest BCUT2D eigenvalue weighted by molar-refractivity contribution is 5.36. The molecule has 0 aromatic heterocycles. The molecule has 2 nitrogen and oxygen atoms in total. The van der Waals surface area contributed by atoms with Crippen LogP contribution < -0.4 is 4.74 Å². The van der Waals surface area contributed by atoms with Crippen LogP contribution in [-0.4, -0.2) is 0 Å². The molecule has 0 saturated heterocycles. The molecule has 3 heteroatoms. The van der Waals surface area contributed by atoms with Gasteiger partial charge in [0, 0.05) is 5.56 Å². The van der Waals surface area contributed by atoms with Crippen LogP contribution in [0.25, 0.3) is 0 Å². The van der Waals surface area contributed by atoms with Crippen LogP contribution in [0.4, 0.5) is 4.39 Å². The van der Waals surface area contributed by atoms with Crippen LogP contribution in [0.2, 0.25) is 0 Å². The third-order valence-corrected chi connectivity index (χ3v) is 2.53. The summed E-state index contributed by atoms with van der Waals surface area (Å²) < 4.78 is 18.7. The fourth-order valence-corrected chi connectivity index (χ4v) is 1.65. The Hall–Kier alpha value is -2.34. The molecule has 2 aromatic carbocycles. The summed E-state index contributed by atoms with van der Waals surface area (Å²) in [5.41, 5.74) is 1.61. The number of hydrogen-bond donors (Lipinski definition) is 0. The number of ether oxygens (including phenoxy) is 1. The summed E-state index contributed by atoms with van der Waals surface area (Å²) in [6.07, 6.45) is 0.141. The largest absolute Gasteiger partial charge is 0.489 e. The van der Waals surface area contributed by atoms with Crippen LogP contribution in [0, 0.1) is 17.1 Å². The Morgan fingerprint density at radius 3 is 2.61 bits per heavy atom. The summed E-state index contributed by atoms with van der Waals surface area (Å²) in [5.74, 6) is 0.203. The Labute approximate surface area is 105 Å². The summed E-state index contributed by atoms with van der Waals surface area (Å²) >= 11 is 0. The number of nitrogens with zero attached hydrogens (tertiary/aromatic N) is 1.